The maximum atomic E-state index is 13.0. The van der Waals surface area contributed by atoms with E-state index in [-0.39, 0.29) is 11.7 Å². The van der Waals surface area contributed by atoms with Crippen LogP contribution in [-0.4, -0.2) is 19.0 Å². The minimum atomic E-state index is -0.368. The van der Waals surface area contributed by atoms with E-state index in [9.17, 15) is 9.18 Å². The van der Waals surface area contributed by atoms with Gasteiger partial charge in [-0.05, 0) is 67.6 Å². The first kappa shape index (κ1) is 17.3. The fourth-order valence-electron chi connectivity index (χ4n) is 3.37. The quantitative estimate of drug-likeness (QED) is 0.823. The highest BCUT2D eigenvalue weighted by molar-refractivity contribution is 6.06. The van der Waals surface area contributed by atoms with Gasteiger partial charge >= 0.3 is 0 Å². The second kappa shape index (κ2) is 7.13. The number of nitrogens with two attached hydrogens (primary N) is 1. The molecule has 0 unspecified atom stereocenters. The van der Waals surface area contributed by atoms with E-state index in [4.69, 9.17) is 5.73 Å². The molecule has 1 atom stereocenters. The Bertz CT molecular complexity index is 773. The lowest BCUT2D eigenvalue weighted by Gasteiger charge is -2.34. The van der Waals surface area contributed by atoms with Crippen molar-refractivity contribution in [2.24, 2.45) is 5.92 Å². The summed E-state index contributed by atoms with van der Waals surface area (Å²) in [4.78, 5) is 14.8. The zero-order chi connectivity index (χ0) is 18.0. The number of anilines is 3. The van der Waals surface area contributed by atoms with Crippen LogP contribution >= 0.6 is 0 Å². The van der Waals surface area contributed by atoms with Gasteiger partial charge in [-0.15, -0.1) is 0 Å². The maximum Gasteiger partial charge on any atom is 0.255 e. The first-order valence-electron chi connectivity index (χ1n) is 8.66. The molecule has 1 heterocycles. The molecule has 1 saturated heterocycles. The van der Waals surface area contributed by atoms with E-state index >= 15 is 0 Å². The topological polar surface area (TPSA) is 58.4 Å². The summed E-state index contributed by atoms with van der Waals surface area (Å²) in [6, 6.07) is 9.31. The molecule has 132 valence electrons. The van der Waals surface area contributed by atoms with E-state index in [1.807, 2.05) is 19.1 Å². The zero-order valence-corrected chi connectivity index (χ0v) is 14.7. The smallest absolute Gasteiger partial charge is 0.255 e. The van der Waals surface area contributed by atoms with E-state index in [1.54, 1.807) is 0 Å². The van der Waals surface area contributed by atoms with Crippen molar-refractivity contribution in [1.82, 2.24) is 0 Å². The fourth-order valence-corrected chi connectivity index (χ4v) is 3.37. The molecule has 0 radical (unpaired) electrons. The van der Waals surface area contributed by atoms with Gasteiger partial charge in [0, 0.05) is 24.3 Å². The van der Waals surface area contributed by atoms with Crippen LogP contribution in [0.1, 0.15) is 35.7 Å². The highest BCUT2D eigenvalue weighted by atomic mass is 19.1. The van der Waals surface area contributed by atoms with Crippen LogP contribution < -0.4 is 16.0 Å². The number of rotatable bonds is 3. The van der Waals surface area contributed by atoms with Crippen molar-refractivity contribution in [3.63, 3.8) is 0 Å². The fraction of sp³-hybridized carbons (Fsp3) is 0.350. The van der Waals surface area contributed by atoms with Crippen molar-refractivity contribution in [1.29, 1.82) is 0 Å². The van der Waals surface area contributed by atoms with Gasteiger partial charge in [-0.1, -0.05) is 6.92 Å². The monoisotopic (exact) mass is 341 g/mol. The molecule has 4 nitrogen and oxygen atoms in total. The summed E-state index contributed by atoms with van der Waals surface area (Å²) in [6.07, 6.45) is 2.42. The van der Waals surface area contributed by atoms with Crippen molar-refractivity contribution >= 4 is 23.0 Å². The van der Waals surface area contributed by atoms with Crippen molar-refractivity contribution in [3.8, 4) is 0 Å². The molecular weight excluding hydrogens is 317 g/mol. The van der Waals surface area contributed by atoms with Crippen molar-refractivity contribution < 1.29 is 9.18 Å². The third-order valence-corrected chi connectivity index (χ3v) is 4.72. The number of carbonyl (C=O) groups is 1. The summed E-state index contributed by atoms with van der Waals surface area (Å²) in [7, 11) is 0. The van der Waals surface area contributed by atoms with E-state index in [0.717, 1.165) is 24.3 Å². The molecule has 1 aliphatic rings. The molecule has 1 amide bonds. The van der Waals surface area contributed by atoms with Gasteiger partial charge in [-0.25, -0.2) is 4.39 Å². The summed E-state index contributed by atoms with van der Waals surface area (Å²) in [5, 5.41) is 2.85. The van der Waals surface area contributed by atoms with Gasteiger partial charge in [0.1, 0.15) is 5.82 Å². The number of hydrogen-bond acceptors (Lipinski definition) is 3. The lowest BCUT2D eigenvalue weighted by Crippen LogP contribution is -2.34. The van der Waals surface area contributed by atoms with Crippen LogP contribution in [0.15, 0.2) is 36.4 Å². The van der Waals surface area contributed by atoms with Crippen LogP contribution in [0.2, 0.25) is 0 Å². The Labute approximate surface area is 147 Å². The number of benzene rings is 2. The van der Waals surface area contributed by atoms with Crippen LogP contribution in [-0.2, 0) is 0 Å². The Morgan fingerprint density at radius 2 is 2.00 bits per heavy atom. The third kappa shape index (κ3) is 3.92. The van der Waals surface area contributed by atoms with Gasteiger partial charge in [-0.2, -0.15) is 0 Å². The molecule has 0 bridgehead atoms. The SMILES string of the molecule is Cc1cc(N)c(NC(=O)c2ccc(F)cc2)cc1N1CCC[C@H](C)C1. The number of amides is 1. The number of carbonyl (C=O) groups excluding carboxylic acids is 1. The maximum absolute atomic E-state index is 13.0. The van der Waals surface area contributed by atoms with Gasteiger partial charge in [0.05, 0.1) is 11.4 Å². The second-order valence-electron chi connectivity index (χ2n) is 6.88. The third-order valence-electron chi connectivity index (χ3n) is 4.72. The Morgan fingerprint density at radius 3 is 2.68 bits per heavy atom. The molecule has 2 aromatic carbocycles. The number of nitrogens with one attached hydrogen (secondary N) is 1. The van der Waals surface area contributed by atoms with E-state index in [0.29, 0.717) is 22.9 Å². The van der Waals surface area contributed by atoms with E-state index in [2.05, 4.69) is 17.1 Å². The number of nitrogen functional groups attached to an aromatic ring is 1. The number of halogens is 1. The lowest BCUT2D eigenvalue weighted by molar-refractivity contribution is 0.102. The average molecular weight is 341 g/mol. The van der Waals surface area contributed by atoms with Gasteiger partial charge in [0.15, 0.2) is 0 Å². The Morgan fingerprint density at radius 1 is 1.28 bits per heavy atom. The van der Waals surface area contributed by atoms with Gasteiger partial charge in [0.25, 0.3) is 5.91 Å². The largest absolute Gasteiger partial charge is 0.397 e. The molecule has 2 aromatic rings. The summed E-state index contributed by atoms with van der Waals surface area (Å²) in [5.41, 5.74) is 9.83. The number of hydrogen-bond donors (Lipinski definition) is 2. The minimum Gasteiger partial charge on any atom is -0.397 e. The van der Waals surface area contributed by atoms with Crippen LogP contribution in [0.3, 0.4) is 0 Å². The van der Waals surface area contributed by atoms with Gasteiger partial charge in [-0.3, -0.25) is 4.79 Å². The first-order valence-corrected chi connectivity index (χ1v) is 8.66. The molecule has 5 heteroatoms. The van der Waals surface area contributed by atoms with E-state index < -0.39 is 0 Å². The summed E-state index contributed by atoms with van der Waals surface area (Å²) >= 11 is 0. The molecule has 3 N–H and O–H groups in total. The molecule has 0 aliphatic carbocycles. The molecule has 1 fully saturated rings. The molecule has 1 aliphatic heterocycles. The predicted octanol–water partition coefficient (Wildman–Crippen LogP) is 4.20. The highest BCUT2D eigenvalue weighted by Crippen LogP contribution is 2.32. The summed E-state index contributed by atoms with van der Waals surface area (Å²) in [5.74, 6) is -0.00983. The van der Waals surface area contributed by atoms with Crippen LogP contribution in [0.4, 0.5) is 21.5 Å². The highest BCUT2D eigenvalue weighted by Gasteiger charge is 2.19. The average Bonchev–Trinajstić information content (AvgIpc) is 2.57. The normalized spacial score (nSPS) is 17.4. The number of nitrogens with zero attached hydrogens (tertiary/aromatic N) is 1. The summed E-state index contributed by atoms with van der Waals surface area (Å²) < 4.78 is 13.0. The summed E-state index contributed by atoms with van der Waals surface area (Å²) in [6.45, 7) is 6.32. The molecule has 25 heavy (non-hydrogen) atoms. The Balaban J connectivity index is 1.84. The minimum absolute atomic E-state index is 0.298. The standard InChI is InChI=1S/C20H24FN3O/c1-13-4-3-9-24(12-13)19-11-18(17(22)10-14(19)2)23-20(25)15-5-7-16(21)8-6-15/h5-8,10-11,13H,3-4,9,12,22H2,1-2H3,(H,23,25)/t13-/m0/s1. The molecule has 0 spiro atoms. The molecule has 0 saturated carbocycles. The van der Waals surface area contributed by atoms with Gasteiger partial charge in [0.2, 0.25) is 0 Å². The van der Waals surface area contributed by atoms with Crippen molar-refractivity contribution in [3.05, 3.63) is 53.3 Å². The van der Waals surface area contributed by atoms with Crippen molar-refractivity contribution in [2.75, 3.05) is 29.0 Å². The Hall–Kier alpha value is -2.56. The predicted molar refractivity (Wildman–Crippen MR) is 101 cm³/mol. The lowest BCUT2D eigenvalue weighted by atomic mass is 9.98. The molecular formula is C20H24FN3O. The van der Waals surface area contributed by atoms with Gasteiger partial charge < -0.3 is 16.0 Å². The van der Waals surface area contributed by atoms with E-state index in [1.165, 1.54) is 37.1 Å². The number of piperidine rings is 1. The van der Waals surface area contributed by atoms with Crippen LogP contribution in [0.5, 0.6) is 0 Å². The Kier molecular flexibility index (Phi) is 4.93. The van der Waals surface area contributed by atoms with Crippen molar-refractivity contribution in [2.45, 2.75) is 26.7 Å². The van der Waals surface area contributed by atoms with Crippen LogP contribution in [0, 0.1) is 18.7 Å². The number of aryl methyl sites for hydroxylation is 1. The second-order valence-corrected chi connectivity index (χ2v) is 6.88. The molecule has 3 rings (SSSR count). The molecule has 0 aromatic heterocycles. The van der Waals surface area contributed by atoms with Crippen LogP contribution in [0.25, 0.3) is 0 Å². The zero-order valence-electron chi connectivity index (χ0n) is 14.7. The first-order chi connectivity index (χ1) is 11.9.